The van der Waals surface area contributed by atoms with Gasteiger partial charge in [-0.15, -0.1) is 0 Å². The quantitative estimate of drug-likeness (QED) is 0.788. The standard InChI is InChI=1S/C18H22ClN3O3/c1-12-11-13(19)6-7-14(12)20-15(23)5-4-10-22-16(24)18(21-17(22)25)8-2-3-9-18/h6-7,11H,2-5,8-10H2,1H3,(H,20,23)(H,21,25). The summed E-state index contributed by atoms with van der Waals surface area (Å²) in [7, 11) is 0. The Balaban J connectivity index is 1.50. The third-order valence-electron chi connectivity index (χ3n) is 4.95. The zero-order valence-corrected chi connectivity index (χ0v) is 15.0. The van der Waals surface area contributed by atoms with Gasteiger partial charge in [-0.2, -0.15) is 0 Å². The van der Waals surface area contributed by atoms with Crippen LogP contribution in [0.5, 0.6) is 0 Å². The number of hydrogen-bond acceptors (Lipinski definition) is 3. The van der Waals surface area contributed by atoms with E-state index in [1.54, 1.807) is 18.2 Å². The molecule has 0 radical (unpaired) electrons. The minimum absolute atomic E-state index is 0.135. The summed E-state index contributed by atoms with van der Waals surface area (Å²) in [5.41, 5.74) is 0.923. The Morgan fingerprint density at radius 3 is 2.72 bits per heavy atom. The van der Waals surface area contributed by atoms with Gasteiger partial charge in [-0.3, -0.25) is 14.5 Å². The van der Waals surface area contributed by atoms with Gasteiger partial charge >= 0.3 is 6.03 Å². The number of benzene rings is 1. The van der Waals surface area contributed by atoms with E-state index < -0.39 is 5.54 Å². The summed E-state index contributed by atoms with van der Waals surface area (Å²) < 4.78 is 0. The van der Waals surface area contributed by atoms with Crippen LogP contribution in [0.25, 0.3) is 0 Å². The molecule has 0 aromatic heterocycles. The zero-order chi connectivity index (χ0) is 18.0. The molecule has 1 saturated heterocycles. The molecule has 0 atom stereocenters. The molecule has 2 N–H and O–H groups in total. The minimum atomic E-state index is -0.681. The molecule has 4 amide bonds. The topological polar surface area (TPSA) is 78.5 Å². The molecule has 2 fully saturated rings. The number of aryl methyl sites for hydroxylation is 1. The number of rotatable bonds is 5. The number of hydrogen-bond donors (Lipinski definition) is 2. The average molecular weight is 364 g/mol. The van der Waals surface area contributed by atoms with Gasteiger partial charge in [0, 0.05) is 23.7 Å². The maximum atomic E-state index is 12.5. The van der Waals surface area contributed by atoms with Crippen LogP contribution in [0.15, 0.2) is 18.2 Å². The van der Waals surface area contributed by atoms with Crippen LogP contribution in [-0.4, -0.2) is 34.8 Å². The van der Waals surface area contributed by atoms with Crippen LogP contribution in [0.1, 0.15) is 44.1 Å². The monoisotopic (exact) mass is 363 g/mol. The number of nitrogens with zero attached hydrogens (tertiary/aromatic N) is 1. The van der Waals surface area contributed by atoms with Crippen LogP contribution in [0, 0.1) is 6.92 Å². The third kappa shape index (κ3) is 3.63. The molecule has 3 rings (SSSR count). The largest absolute Gasteiger partial charge is 0.326 e. The number of imide groups is 1. The van der Waals surface area contributed by atoms with Crippen LogP contribution in [0.3, 0.4) is 0 Å². The highest BCUT2D eigenvalue weighted by Gasteiger charge is 2.51. The number of halogens is 1. The van der Waals surface area contributed by atoms with Crippen molar-refractivity contribution in [1.82, 2.24) is 10.2 Å². The summed E-state index contributed by atoms with van der Waals surface area (Å²) in [6, 6.07) is 4.93. The number of carbonyl (C=O) groups excluding carboxylic acids is 3. The molecule has 25 heavy (non-hydrogen) atoms. The Morgan fingerprint density at radius 2 is 2.04 bits per heavy atom. The molecule has 6 nitrogen and oxygen atoms in total. The molecular weight excluding hydrogens is 342 g/mol. The van der Waals surface area contributed by atoms with Crippen molar-refractivity contribution in [2.75, 3.05) is 11.9 Å². The van der Waals surface area contributed by atoms with Crippen molar-refractivity contribution in [2.45, 2.75) is 51.0 Å². The van der Waals surface area contributed by atoms with E-state index in [2.05, 4.69) is 10.6 Å². The van der Waals surface area contributed by atoms with Crippen LogP contribution in [0.4, 0.5) is 10.5 Å². The summed E-state index contributed by atoms with van der Waals surface area (Å²) in [6.45, 7) is 2.13. The molecule has 1 aromatic rings. The molecule has 1 aliphatic carbocycles. The predicted octanol–water partition coefficient (Wildman–Crippen LogP) is 3.23. The third-order valence-corrected chi connectivity index (χ3v) is 5.19. The van der Waals surface area contributed by atoms with Gasteiger partial charge in [0.05, 0.1) is 0 Å². The van der Waals surface area contributed by atoms with Gasteiger partial charge in [0.25, 0.3) is 5.91 Å². The van der Waals surface area contributed by atoms with Gasteiger partial charge in [-0.25, -0.2) is 4.79 Å². The van der Waals surface area contributed by atoms with Crippen LogP contribution in [0.2, 0.25) is 5.02 Å². The molecule has 2 aliphatic rings. The van der Waals surface area contributed by atoms with Crippen molar-refractivity contribution in [3.63, 3.8) is 0 Å². The fraction of sp³-hybridized carbons (Fsp3) is 0.500. The Labute approximate surface area is 151 Å². The lowest BCUT2D eigenvalue weighted by Gasteiger charge is -2.19. The Morgan fingerprint density at radius 1 is 1.32 bits per heavy atom. The summed E-state index contributed by atoms with van der Waals surface area (Å²) >= 11 is 5.90. The molecule has 1 aliphatic heterocycles. The SMILES string of the molecule is Cc1cc(Cl)ccc1NC(=O)CCCN1C(=O)NC2(CCCC2)C1=O. The van der Waals surface area contributed by atoms with Crippen LogP contribution < -0.4 is 10.6 Å². The second-order valence-electron chi connectivity index (χ2n) is 6.79. The molecule has 1 saturated carbocycles. The summed E-state index contributed by atoms with van der Waals surface area (Å²) in [5, 5.41) is 6.30. The Bertz CT molecular complexity index is 714. The highest BCUT2D eigenvalue weighted by Crippen LogP contribution is 2.35. The fourth-order valence-corrected chi connectivity index (χ4v) is 3.80. The molecule has 1 heterocycles. The molecule has 134 valence electrons. The number of nitrogens with one attached hydrogen (secondary N) is 2. The van der Waals surface area contributed by atoms with Crippen molar-refractivity contribution >= 4 is 35.1 Å². The predicted molar refractivity (Wildman–Crippen MR) is 95.5 cm³/mol. The van der Waals surface area contributed by atoms with Crippen molar-refractivity contribution in [1.29, 1.82) is 0 Å². The number of anilines is 1. The first-order chi connectivity index (χ1) is 11.9. The van der Waals surface area contributed by atoms with E-state index in [1.165, 1.54) is 4.90 Å². The van der Waals surface area contributed by atoms with Gasteiger partial charge in [0.15, 0.2) is 0 Å². The first kappa shape index (κ1) is 17.7. The maximum Gasteiger partial charge on any atom is 0.325 e. The average Bonchev–Trinajstić information content (AvgIpc) is 3.11. The van der Waals surface area contributed by atoms with Crippen molar-refractivity contribution < 1.29 is 14.4 Å². The van der Waals surface area contributed by atoms with Gasteiger partial charge < -0.3 is 10.6 Å². The summed E-state index contributed by atoms with van der Waals surface area (Å²) in [4.78, 5) is 37.9. The van der Waals surface area contributed by atoms with E-state index >= 15 is 0 Å². The van der Waals surface area contributed by atoms with E-state index in [0.29, 0.717) is 30.0 Å². The molecule has 0 unspecified atom stereocenters. The maximum absolute atomic E-state index is 12.5. The van der Waals surface area contributed by atoms with Gasteiger partial charge in [-0.05, 0) is 49.9 Å². The molecule has 1 spiro atoms. The first-order valence-corrected chi connectivity index (χ1v) is 8.99. The smallest absolute Gasteiger partial charge is 0.325 e. The fourth-order valence-electron chi connectivity index (χ4n) is 3.57. The highest BCUT2D eigenvalue weighted by molar-refractivity contribution is 6.30. The first-order valence-electron chi connectivity index (χ1n) is 8.61. The lowest BCUT2D eigenvalue weighted by atomic mass is 9.98. The Kier molecular flexibility index (Phi) is 4.99. The van der Waals surface area contributed by atoms with Gasteiger partial charge in [-0.1, -0.05) is 24.4 Å². The van der Waals surface area contributed by atoms with E-state index in [1.807, 2.05) is 6.92 Å². The van der Waals surface area contributed by atoms with Crippen molar-refractivity contribution in [3.05, 3.63) is 28.8 Å². The van der Waals surface area contributed by atoms with Gasteiger partial charge in [0.2, 0.25) is 5.91 Å². The molecule has 7 heteroatoms. The minimum Gasteiger partial charge on any atom is -0.326 e. The van der Waals surface area contributed by atoms with Crippen LogP contribution in [-0.2, 0) is 9.59 Å². The summed E-state index contributed by atoms with van der Waals surface area (Å²) in [5.74, 6) is -0.281. The van der Waals surface area contributed by atoms with Gasteiger partial charge in [0.1, 0.15) is 5.54 Å². The van der Waals surface area contributed by atoms with E-state index in [0.717, 1.165) is 18.4 Å². The van der Waals surface area contributed by atoms with E-state index in [-0.39, 0.29) is 30.8 Å². The highest BCUT2D eigenvalue weighted by atomic mass is 35.5. The second kappa shape index (κ2) is 7.04. The molecule has 0 bridgehead atoms. The Hall–Kier alpha value is -2.08. The normalized spacial score (nSPS) is 18.7. The lowest BCUT2D eigenvalue weighted by Crippen LogP contribution is -2.44. The lowest BCUT2D eigenvalue weighted by molar-refractivity contribution is -0.131. The van der Waals surface area contributed by atoms with E-state index in [4.69, 9.17) is 11.6 Å². The number of urea groups is 1. The van der Waals surface area contributed by atoms with Crippen molar-refractivity contribution in [3.8, 4) is 0 Å². The number of amides is 4. The second-order valence-corrected chi connectivity index (χ2v) is 7.22. The van der Waals surface area contributed by atoms with E-state index in [9.17, 15) is 14.4 Å². The molecular formula is C18H22ClN3O3. The summed E-state index contributed by atoms with van der Waals surface area (Å²) in [6.07, 6.45) is 4.03. The zero-order valence-electron chi connectivity index (χ0n) is 14.2. The van der Waals surface area contributed by atoms with Crippen LogP contribution >= 0.6 is 11.6 Å². The molecule has 1 aromatic carbocycles. The van der Waals surface area contributed by atoms with Crippen molar-refractivity contribution in [2.24, 2.45) is 0 Å². The number of carbonyl (C=O) groups is 3.